The zero-order valence-corrected chi connectivity index (χ0v) is 26.2. The first-order valence-electron chi connectivity index (χ1n) is 14.7. The summed E-state index contributed by atoms with van der Waals surface area (Å²) < 4.78 is 12.6. The van der Waals surface area contributed by atoms with Gasteiger partial charge in [-0.05, 0) is 57.2 Å². The molecule has 0 unspecified atom stereocenters. The molecular formula is C32H39ClN6O4. The molecule has 2 saturated heterocycles. The Hall–Kier alpha value is -3.81. The first-order chi connectivity index (χ1) is 20.6. The number of ether oxygens (including phenoxy) is 2. The van der Waals surface area contributed by atoms with E-state index in [1.165, 1.54) is 7.11 Å². The molecule has 0 bridgehead atoms. The Kier molecular flexibility index (Phi) is 8.86. The highest BCUT2D eigenvalue weighted by molar-refractivity contribution is 6.33. The number of rotatable bonds is 8. The highest BCUT2D eigenvalue weighted by Crippen LogP contribution is 2.45. The van der Waals surface area contributed by atoms with Crippen LogP contribution in [0.15, 0.2) is 18.2 Å². The third kappa shape index (κ3) is 6.01. The quantitative estimate of drug-likeness (QED) is 0.357. The SMILES string of the molecule is C#Cc1nn(C)c(-c2nc(-c3cc(OC[C@H](O)CCC)ccc3Cl)nc(N3CC4(CCN(C(=O)OC)CC4)C3)c2C)c1C. The van der Waals surface area contributed by atoms with Gasteiger partial charge in [0, 0.05) is 55.3 Å². The summed E-state index contributed by atoms with van der Waals surface area (Å²) in [6, 6.07) is 5.37. The molecule has 43 heavy (non-hydrogen) atoms. The van der Waals surface area contributed by atoms with E-state index in [0.29, 0.717) is 47.4 Å². The number of aliphatic hydroxyl groups is 1. The van der Waals surface area contributed by atoms with Crippen LogP contribution in [-0.2, 0) is 11.8 Å². The van der Waals surface area contributed by atoms with Crippen molar-refractivity contribution in [1.29, 1.82) is 0 Å². The van der Waals surface area contributed by atoms with E-state index in [1.54, 1.807) is 21.7 Å². The van der Waals surface area contributed by atoms with Crippen molar-refractivity contribution in [3.05, 3.63) is 40.0 Å². The maximum Gasteiger partial charge on any atom is 0.409 e. The van der Waals surface area contributed by atoms with Gasteiger partial charge in [-0.3, -0.25) is 4.68 Å². The average Bonchev–Trinajstić information content (AvgIpc) is 3.28. The predicted molar refractivity (Wildman–Crippen MR) is 166 cm³/mol. The number of anilines is 1. The number of aromatic nitrogens is 4. The Morgan fingerprint density at radius 3 is 2.56 bits per heavy atom. The fraction of sp³-hybridized carbons (Fsp3) is 0.500. The van der Waals surface area contributed by atoms with Crippen LogP contribution in [0.25, 0.3) is 22.8 Å². The van der Waals surface area contributed by atoms with Gasteiger partial charge in [-0.15, -0.1) is 6.42 Å². The number of hydrogen-bond acceptors (Lipinski definition) is 8. The van der Waals surface area contributed by atoms with Gasteiger partial charge in [0.25, 0.3) is 0 Å². The van der Waals surface area contributed by atoms with E-state index in [0.717, 1.165) is 60.7 Å². The fourth-order valence-corrected chi connectivity index (χ4v) is 6.36. The molecule has 1 aromatic carbocycles. The van der Waals surface area contributed by atoms with Crippen molar-refractivity contribution in [1.82, 2.24) is 24.6 Å². The number of piperidine rings is 1. The van der Waals surface area contributed by atoms with Crippen molar-refractivity contribution in [3.63, 3.8) is 0 Å². The summed E-state index contributed by atoms with van der Waals surface area (Å²) in [5.41, 5.74) is 4.66. The van der Waals surface area contributed by atoms with Gasteiger partial charge in [0.1, 0.15) is 23.9 Å². The van der Waals surface area contributed by atoms with Crippen LogP contribution < -0.4 is 9.64 Å². The van der Waals surface area contributed by atoms with Crippen molar-refractivity contribution in [2.45, 2.75) is 52.6 Å². The fourth-order valence-electron chi connectivity index (χ4n) is 6.16. The zero-order chi connectivity index (χ0) is 30.9. The van der Waals surface area contributed by atoms with Crippen LogP contribution in [0.2, 0.25) is 5.02 Å². The maximum atomic E-state index is 12.0. The number of amides is 1. The van der Waals surface area contributed by atoms with Crippen LogP contribution in [0.5, 0.6) is 5.75 Å². The molecule has 3 aromatic rings. The number of aryl methyl sites for hydroxylation is 1. The van der Waals surface area contributed by atoms with Crippen LogP contribution in [-0.4, -0.2) is 81.8 Å². The van der Waals surface area contributed by atoms with Crippen LogP contribution in [0, 0.1) is 31.6 Å². The van der Waals surface area contributed by atoms with Crippen molar-refractivity contribution in [2.75, 3.05) is 44.8 Å². The average molecular weight is 607 g/mol. The number of methoxy groups -OCH3 is 1. The molecular weight excluding hydrogens is 568 g/mol. The minimum Gasteiger partial charge on any atom is -0.491 e. The Morgan fingerprint density at radius 2 is 1.93 bits per heavy atom. The van der Waals surface area contributed by atoms with Gasteiger partial charge in [-0.2, -0.15) is 5.10 Å². The summed E-state index contributed by atoms with van der Waals surface area (Å²) in [5.74, 6) is 4.54. The Bertz CT molecular complexity index is 1550. The smallest absolute Gasteiger partial charge is 0.409 e. The third-order valence-electron chi connectivity index (χ3n) is 8.62. The van der Waals surface area contributed by atoms with Crippen LogP contribution in [0.1, 0.15) is 49.4 Å². The van der Waals surface area contributed by atoms with Crippen molar-refractivity contribution < 1.29 is 19.4 Å². The van der Waals surface area contributed by atoms with Crippen molar-refractivity contribution in [3.8, 4) is 40.9 Å². The molecule has 1 amide bonds. The van der Waals surface area contributed by atoms with Gasteiger partial charge in [0.15, 0.2) is 5.82 Å². The topological polar surface area (TPSA) is 106 Å². The Labute approximate surface area is 258 Å². The maximum absolute atomic E-state index is 12.0. The van der Waals surface area contributed by atoms with E-state index < -0.39 is 6.10 Å². The Balaban J connectivity index is 1.52. The molecule has 1 atom stereocenters. The molecule has 11 heteroatoms. The summed E-state index contributed by atoms with van der Waals surface area (Å²) in [7, 11) is 3.28. The second-order valence-corrected chi connectivity index (χ2v) is 12.1. The number of carbonyl (C=O) groups excluding carboxylic acids is 1. The molecule has 0 aliphatic carbocycles. The van der Waals surface area contributed by atoms with Gasteiger partial charge < -0.3 is 24.4 Å². The standard InChI is InChI=1S/C32H39ClN6O4/c1-7-9-22(40)17-43-23-10-11-25(33)24(16-23)29-34-27(28-20(3)26(8-2)36-37(28)5)21(4)30(35-29)39-18-32(19-39)12-14-38(15-13-32)31(41)42-6/h2,10-11,16,22,40H,7,9,12-15,17-19H2,1,3-6H3/t22-/m1/s1. The molecule has 1 N–H and O–H groups in total. The Morgan fingerprint density at radius 1 is 1.21 bits per heavy atom. The van der Waals surface area contributed by atoms with Crippen LogP contribution in [0.4, 0.5) is 10.6 Å². The molecule has 2 aliphatic heterocycles. The van der Waals surface area contributed by atoms with E-state index in [9.17, 15) is 9.90 Å². The highest BCUT2D eigenvalue weighted by Gasteiger charge is 2.47. The second kappa shape index (κ2) is 12.4. The number of carbonyl (C=O) groups is 1. The lowest BCUT2D eigenvalue weighted by Crippen LogP contribution is -2.61. The number of terminal acetylenes is 1. The number of likely N-dealkylation sites (tertiary alicyclic amines) is 1. The number of nitrogens with zero attached hydrogens (tertiary/aromatic N) is 6. The van der Waals surface area contributed by atoms with E-state index in [1.807, 2.05) is 33.9 Å². The summed E-state index contributed by atoms with van der Waals surface area (Å²) in [6.07, 6.45) is 8.28. The molecule has 4 heterocycles. The molecule has 0 radical (unpaired) electrons. The zero-order valence-electron chi connectivity index (χ0n) is 25.5. The van der Waals surface area contributed by atoms with E-state index in [4.69, 9.17) is 37.5 Å². The highest BCUT2D eigenvalue weighted by atomic mass is 35.5. The molecule has 10 nitrogen and oxygen atoms in total. The van der Waals surface area contributed by atoms with Crippen molar-refractivity contribution in [2.24, 2.45) is 12.5 Å². The second-order valence-electron chi connectivity index (χ2n) is 11.6. The van der Waals surface area contributed by atoms with Gasteiger partial charge in [-0.1, -0.05) is 24.9 Å². The molecule has 5 rings (SSSR count). The molecule has 0 saturated carbocycles. The summed E-state index contributed by atoms with van der Waals surface area (Å²) in [4.78, 5) is 26.2. The minimum absolute atomic E-state index is 0.117. The predicted octanol–water partition coefficient (Wildman–Crippen LogP) is 5.00. The van der Waals surface area contributed by atoms with Gasteiger partial charge in [0.05, 0.1) is 29.6 Å². The van der Waals surface area contributed by atoms with Crippen LogP contribution in [0.3, 0.4) is 0 Å². The summed E-state index contributed by atoms with van der Waals surface area (Å²) in [6.45, 7) is 9.20. The van der Waals surface area contributed by atoms with Crippen LogP contribution >= 0.6 is 11.6 Å². The number of benzene rings is 1. The molecule has 2 aliphatic rings. The summed E-state index contributed by atoms with van der Waals surface area (Å²) in [5, 5.41) is 15.2. The van der Waals surface area contributed by atoms with Gasteiger partial charge in [0.2, 0.25) is 0 Å². The largest absolute Gasteiger partial charge is 0.491 e. The number of halogens is 1. The van der Waals surface area contributed by atoms with Gasteiger partial charge in [-0.25, -0.2) is 14.8 Å². The lowest BCUT2D eigenvalue weighted by atomic mass is 9.72. The first-order valence-corrected chi connectivity index (χ1v) is 15.0. The van der Waals surface area contributed by atoms with E-state index >= 15 is 0 Å². The molecule has 2 fully saturated rings. The normalized spacial score (nSPS) is 16.5. The minimum atomic E-state index is -0.547. The molecule has 228 valence electrons. The summed E-state index contributed by atoms with van der Waals surface area (Å²) >= 11 is 6.73. The monoisotopic (exact) mass is 606 g/mol. The lowest BCUT2D eigenvalue weighted by Gasteiger charge is -2.54. The molecule has 2 aromatic heterocycles. The number of aliphatic hydroxyl groups excluding tert-OH is 1. The van der Waals surface area contributed by atoms with E-state index in [-0.39, 0.29) is 18.1 Å². The van der Waals surface area contributed by atoms with E-state index in [2.05, 4.69) is 15.9 Å². The first kappa shape index (κ1) is 30.6. The number of hydrogen-bond donors (Lipinski definition) is 1. The lowest BCUT2D eigenvalue weighted by molar-refractivity contribution is 0.0621. The van der Waals surface area contributed by atoms with Gasteiger partial charge >= 0.3 is 6.09 Å². The third-order valence-corrected chi connectivity index (χ3v) is 8.95. The molecule has 1 spiro atoms. The van der Waals surface area contributed by atoms with Crippen molar-refractivity contribution >= 4 is 23.5 Å².